The average molecular weight is 379 g/mol. The number of carbonyl (C=O) groups is 1. The fourth-order valence-electron chi connectivity index (χ4n) is 3.73. The summed E-state index contributed by atoms with van der Waals surface area (Å²) < 4.78 is 7.97. The molecule has 0 bridgehead atoms. The highest BCUT2D eigenvalue weighted by atomic mass is 16.5. The Bertz CT molecular complexity index is 914. The fraction of sp³-hybridized carbons (Fsp3) is 0.429. The SMILES string of the molecule is CC(Cn1cncn1)C(=O)NC1CCC(Oc2cccc3cnccc23)CC1. The lowest BCUT2D eigenvalue weighted by molar-refractivity contribution is -0.126. The molecule has 1 unspecified atom stereocenters. The van der Waals surface area contributed by atoms with Crippen LogP contribution in [0, 0.1) is 5.92 Å². The van der Waals surface area contributed by atoms with Gasteiger partial charge in [-0.2, -0.15) is 5.10 Å². The number of ether oxygens (including phenoxy) is 1. The summed E-state index contributed by atoms with van der Waals surface area (Å²) in [5.41, 5.74) is 0. The molecule has 0 spiro atoms. The van der Waals surface area contributed by atoms with Crippen molar-refractivity contribution in [3.63, 3.8) is 0 Å². The van der Waals surface area contributed by atoms with E-state index >= 15 is 0 Å². The van der Waals surface area contributed by atoms with Gasteiger partial charge in [0.25, 0.3) is 0 Å². The van der Waals surface area contributed by atoms with Crippen molar-refractivity contribution in [1.82, 2.24) is 25.1 Å². The second-order valence-corrected chi connectivity index (χ2v) is 7.47. The van der Waals surface area contributed by atoms with E-state index in [1.54, 1.807) is 17.2 Å². The molecule has 7 nitrogen and oxygen atoms in total. The van der Waals surface area contributed by atoms with E-state index in [9.17, 15) is 4.79 Å². The van der Waals surface area contributed by atoms with E-state index in [4.69, 9.17) is 4.74 Å². The molecule has 1 aliphatic carbocycles. The molecule has 1 aliphatic rings. The summed E-state index contributed by atoms with van der Waals surface area (Å²) >= 11 is 0. The molecule has 1 N–H and O–H groups in total. The van der Waals surface area contributed by atoms with Gasteiger partial charge in [0, 0.05) is 29.2 Å². The minimum Gasteiger partial charge on any atom is -0.490 e. The monoisotopic (exact) mass is 379 g/mol. The van der Waals surface area contributed by atoms with Crippen LogP contribution in [0.3, 0.4) is 0 Å². The Morgan fingerprint density at radius 1 is 1.25 bits per heavy atom. The third-order valence-electron chi connectivity index (χ3n) is 5.33. The van der Waals surface area contributed by atoms with Gasteiger partial charge in [-0.3, -0.25) is 14.5 Å². The molecule has 146 valence electrons. The number of fused-ring (bicyclic) bond motifs is 1. The van der Waals surface area contributed by atoms with Gasteiger partial charge >= 0.3 is 0 Å². The first-order valence-electron chi connectivity index (χ1n) is 9.81. The highest BCUT2D eigenvalue weighted by Crippen LogP contribution is 2.29. The summed E-state index contributed by atoms with van der Waals surface area (Å²) in [5, 5.41) is 9.42. The molecular weight excluding hydrogens is 354 g/mol. The maximum atomic E-state index is 12.4. The van der Waals surface area contributed by atoms with Gasteiger partial charge in [0.1, 0.15) is 18.4 Å². The second kappa shape index (κ2) is 8.37. The molecule has 0 radical (unpaired) electrons. The Kier molecular flexibility index (Phi) is 5.50. The molecule has 28 heavy (non-hydrogen) atoms. The lowest BCUT2D eigenvalue weighted by Crippen LogP contribution is -2.42. The molecule has 1 aromatic carbocycles. The number of pyridine rings is 1. The molecule has 1 amide bonds. The van der Waals surface area contributed by atoms with Gasteiger partial charge in [0.15, 0.2) is 0 Å². The van der Waals surface area contributed by atoms with E-state index in [0.29, 0.717) is 6.54 Å². The quantitative estimate of drug-likeness (QED) is 0.712. The Labute approximate surface area is 164 Å². The Balaban J connectivity index is 1.28. The van der Waals surface area contributed by atoms with Gasteiger partial charge in [-0.1, -0.05) is 19.1 Å². The maximum absolute atomic E-state index is 12.4. The zero-order valence-electron chi connectivity index (χ0n) is 16.0. The lowest BCUT2D eigenvalue weighted by Gasteiger charge is -2.30. The van der Waals surface area contributed by atoms with Crippen molar-refractivity contribution in [2.45, 2.75) is 51.3 Å². The maximum Gasteiger partial charge on any atom is 0.224 e. The van der Waals surface area contributed by atoms with E-state index in [1.165, 1.54) is 6.33 Å². The van der Waals surface area contributed by atoms with E-state index < -0.39 is 0 Å². The second-order valence-electron chi connectivity index (χ2n) is 7.47. The topological polar surface area (TPSA) is 81.9 Å². The molecule has 2 aromatic heterocycles. The van der Waals surface area contributed by atoms with Gasteiger partial charge in [0.2, 0.25) is 5.91 Å². The zero-order chi connectivity index (χ0) is 19.3. The van der Waals surface area contributed by atoms with E-state index in [1.807, 2.05) is 37.4 Å². The smallest absolute Gasteiger partial charge is 0.224 e. The molecule has 7 heteroatoms. The van der Waals surface area contributed by atoms with Crippen molar-refractivity contribution in [3.05, 3.63) is 49.3 Å². The summed E-state index contributed by atoms with van der Waals surface area (Å²) in [6, 6.07) is 8.26. The van der Waals surface area contributed by atoms with Crippen LogP contribution < -0.4 is 10.1 Å². The summed E-state index contributed by atoms with van der Waals surface area (Å²) in [5.74, 6) is 0.843. The number of aromatic nitrogens is 4. The van der Waals surface area contributed by atoms with Crippen LogP contribution in [0.2, 0.25) is 0 Å². The molecule has 0 saturated heterocycles. The summed E-state index contributed by atoms with van der Waals surface area (Å²) in [7, 11) is 0. The molecule has 2 heterocycles. The van der Waals surface area contributed by atoms with Gasteiger partial charge in [-0.25, -0.2) is 4.98 Å². The van der Waals surface area contributed by atoms with Crippen LogP contribution in [-0.4, -0.2) is 37.8 Å². The van der Waals surface area contributed by atoms with Crippen molar-refractivity contribution >= 4 is 16.7 Å². The molecule has 3 aromatic rings. The van der Waals surface area contributed by atoms with E-state index in [2.05, 4.69) is 20.4 Å². The predicted molar refractivity (Wildman–Crippen MR) is 106 cm³/mol. The van der Waals surface area contributed by atoms with Crippen molar-refractivity contribution in [3.8, 4) is 5.75 Å². The zero-order valence-corrected chi connectivity index (χ0v) is 16.0. The molecular formula is C21H25N5O2. The Morgan fingerprint density at radius 3 is 2.89 bits per heavy atom. The number of nitrogens with zero attached hydrogens (tertiary/aromatic N) is 4. The normalized spacial score (nSPS) is 20.6. The van der Waals surface area contributed by atoms with E-state index in [0.717, 1.165) is 42.2 Å². The average Bonchev–Trinajstić information content (AvgIpc) is 3.23. The largest absolute Gasteiger partial charge is 0.490 e. The van der Waals surface area contributed by atoms with Crippen LogP contribution in [0.4, 0.5) is 0 Å². The van der Waals surface area contributed by atoms with Gasteiger partial charge in [0.05, 0.1) is 18.6 Å². The molecule has 1 fully saturated rings. The number of carbonyl (C=O) groups excluding carboxylic acids is 1. The fourth-order valence-corrected chi connectivity index (χ4v) is 3.73. The number of rotatable bonds is 6. The van der Waals surface area contributed by atoms with Crippen LogP contribution >= 0.6 is 0 Å². The summed E-state index contributed by atoms with van der Waals surface area (Å²) in [4.78, 5) is 20.5. The highest BCUT2D eigenvalue weighted by molar-refractivity contribution is 5.87. The summed E-state index contributed by atoms with van der Waals surface area (Å²) in [6.07, 6.45) is 10.7. The lowest BCUT2D eigenvalue weighted by atomic mass is 9.92. The Hall–Kier alpha value is -2.96. The van der Waals surface area contributed by atoms with Gasteiger partial charge in [-0.05, 0) is 37.8 Å². The molecule has 0 aliphatic heterocycles. The van der Waals surface area contributed by atoms with Crippen LogP contribution in [-0.2, 0) is 11.3 Å². The number of amides is 1. The number of nitrogens with one attached hydrogen (secondary N) is 1. The number of hydrogen-bond acceptors (Lipinski definition) is 5. The highest BCUT2D eigenvalue weighted by Gasteiger charge is 2.25. The third-order valence-corrected chi connectivity index (χ3v) is 5.33. The van der Waals surface area contributed by atoms with Crippen LogP contribution in [0.5, 0.6) is 5.75 Å². The van der Waals surface area contributed by atoms with Gasteiger partial charge < -0.3 is 10.1 Å². The first-order chi connectivity index (χ1) is 13.7. The molecule has 1 atom stereocenters. The first-order valence-corrected chi connectivity index (χ1v) is 9.81. The third kappa shape index (κ3) is 4.30. The molecule has 4 rings (SSSR count). The minimum atomic E-state index is -0.139. The molecule has 1 saturated carbocycles. The number of benzene rings is 1. The van der Waals surface area contributed by atoms with Crippen molar-refractivity contribution in [1.29, 1.82) is 0 Å². The van der Waals surface area contributed by atoms with Crippen LogP contribution in [0.15, 0.2) is 49.3 Å². The Morgan fingerprint density at radius 2 is 2.11 bits per heavy atom. The predicted octanol–water partition coefficient (Wildman–Crippen LogP) is 2.97. The van der Waals surface area contributed by atoms with Crippen LogP contribution in [0.1, 0.15) is 32.6 Å². The minimum absolute atomic E-state index is 0.0708. The number of hydrogen-bond donors (Lipinski definition) is 1. The van der Waals surface area contributed by atoms with Crippen molar-refractivity contribution in [2.75, 3.05) is 0 Å². The van der Waals surface area contributed by atoms with Crippen LogP contribution in [0.25, 0.3) is 10.8 Å². The summed E-state index contributed by atoms with van der Waals surface area (Å²) in [6.45, 7) is 2.46. The van der Waals surface area contributed by atoms with Crippen molar-refractivity contribution in [2.24, 2.45) is 5.92 Å². The van der Waals surface area contributed by atoms with Crippen molar-refractivity contribution < 1.29 is 9.53 Å². The van der Waals surface area contributed by atoms with Gasteiger partial charge in [-0.15, -0.1) is 0 Å². The standard InChI is InChI=1S/C21H25N5O2/c1-15(12-26-14-23-13-24-26)21(27)25-17-5-7-18(8-6-17)28-20-4-2-3-16-11-22-10-9-19(16)20/h2-4,9-11,13-15,17-18H,5-8,12H2,1H3,(H,25,27). The first kappa shape index (κ1) is 18.4. The van der Waals surface area contributed by atoms with E-state index in [-0.39, 0.29) is 24.0 Å².